The van der Waals surface area contributed by atoms with Gasteiger partial charge in [-0.1, -0.05) is 13.0 Å². The van der Waals surface area contributed by atoms with Crippen LogP contribution < -0.4 is 0 Å². The molecule has 114 valence electrons. The van der Waals surface area contributed by atoms with E-state index in [2.05, 4.69) is 0 Å². The van der Waals surface area contributed by atoms with Crippen molar-refractivity contribution < 1.29 is 19.4 Å². The molecular formula is C16H21NO4. The molecule has 1 N–H and O–H groups in total. The fourth-order valence-corrected chi connectivity index (χ4v) is 2.62. The van der Waals surface area contributed by atoms with Crippen molar-refractivity contribution in [2.45, 2.75) is 52.3 Å². The largest absolute Gasteiger partial charge is 0.478 e. The molecule has 0 fully saturated rings. The third kappa shape index (κ3) is 3.17. The molecule has 1 aromatic rings. The van der Waals surface area contributed by atoms with Crippen LogP contribution in [0, 0.1) is 0 Å². The van der Waals surface area contributed by atoms with Gasteiger partial charge in [-0.25, -0.2) is 9.59 Å². The van der Waals surface area contributed by atoms with E-state index in [9.17, 15) is 9.59 Å². The topological polar surface area (TPSA) is 66.8 Å². The van der Waals surface area contributed by atoms with Crippen molar-refractivity contribution in [2.24, 2.45) is 0 Å². The highest BCUT2D eigenvalue weighted by Crippen LogP contribution is 2.37. The van der Waals surface area contributed by atoms with E-state index in [0.29, 0.717) is 6.54 Å². The minimum atomic E-state index is -0.957. The molecular weight excluding hydrogens is 270 g/mol. The minimum Gasteiger partial charge on any atom is -0.478 e. The number of amides is 1. The normalized spacial score (nSPS) is 17.5. The quantitative estimate of drug-likeness (QED) is 0.904. The highest BCUT2D eigenvalue weighted by molar-refractivity contribution is 5.88. The van der Waals surface area contributed by atoms with E-state index in [1.807, 2.05) is 27.7 Å². The number of aromatic carboxylic acids is 1. The number of carboxylic acid groups (broad SMARTS) is 1. The number of benzene rings is 1. The predicted octanol–water partition coefficient (Wildman–Crippen LogP) is 3.59. The molecule has 0 aliphatic carbocycles. The zero-order chi connectivity index (χ0) is 15.8. The maximum Gasteiger partial charge on any atom is 0.411 e. The van der Waals surface area contributed by atoms with E-state index in [1.54, 1.807) is 23.1 Å². The minimum absolute atomic E-state index is 0.0577. The SMILES string of the molecule is CCC1c2ccc(C(=O)O)cc2CN1C(=O)OC(C)(C)C. The van der Waals surface area contributed by atoms with Gasteiger partial charge in [0.25, 0.3) is 0 Å². The summed E-state index contributed by atoms with van der Waals surface area (Å²) < 4.78 is 5.43. The average molecular weight is 291 g/mol. The summed E-state index contributed by atoms with van der Waals surface area (Å²) in [5.74, 6) is -0.957. The van der Waals surface area contributed by atoms with Crippen molar-refractivity contribution in [1.82, 2.24) is 4.90 Å². The van der Waals surface area contributed by atoms with Crippen molar-refractivity contribution >= 4 is 12.1 Å². The van der Waals surface area contributed by atoms with Crippen LogP contribution in [0.2, 0.25) is 0 Å². The number of hydrogen-bond donors (Lipinski definition) is 1. The fraction of sp³-hybridized carbons (Fsp3) is 0.500. The molecule has 2 rings (SSSR count). The summed E-state index contributed by atoms with van der Waals surface area (Å²) in [5.41, 5.74) is 1.59. The predicted molar refractivity (Wildman–Crippen MR) is 78.2 cm³/mol. The van der Waals surface area contributed by atoms with Crippen LogP contribution in [0.3, 0.4) is 0 Å². The average Bonchev–Trinajstić information content (AvgIpc) is 2.74. The van der Waals surface area contributed by atoms with Crippen LogP contribution in [-0.4, -0.2) is 27.7 Å². The van der Waals surface area contributed by atoms with E-state index >= 15 is 0 Å². The first-order valence-electron chi connectivity index (χ1n) is 7.08. The highest BCUT2D eigenvalue weighted by atomic mass is 16.6. The van der Waals surface area contributed by atoms with Crippen molar-refractivity contribution in [3.8, 4) is 0 Å². The molecule has 1 aromatic carbocycles. The highest BCUT2D eigenvalue weighted by Gasteiger charge is 2.35. The van der Waals surface area contributed by atoms with Crippen LogP contribution in [0.25, 0.3) is 0 Å². The van der Waals surface area contributed by atoms with Gasteiger partial charge >= 0.3 is 12.1 Å². The molecule has 1 atom stereocenters. The Balaban J connectivity index is 2.28. The maximum absolute atomic E-state index is 12.3. The molecule has 1 unspecified atom stereocenters. The number of rotatable bonds is 2. The van der Waals surface area contributed by atoms with Crippen LogP contribution in [0.4, 0.5) is 4.79 Å². The summed E-state index contributed by atoms with van der Waals surface area (Å²) in [7, 11) is 0. The molecule has 0 radical (unpaired) electrons. The number of hydrogen-bond acceptors (Lipinski definition) is 3. The van der Waals surface area contributed by atoms with Crippen LogP contribution in [0.5, 0.6) is 0 Å². The Kier molecular flexibility index (Phi) is 3.94. The van der Waals surface area contributed by atoms with E-state index < -0.39 is 11.6 Å². The molecule has 1 heterocycles. The first-order valence-corrected chi connectivity index (χ1v) is 7.08. The Labute approximate surface area is 124 Å². The molecule has 1 aliphatic heterocycles. The van der Waals surface area contributed by atoms with Gasteiger partial charge < -0.3 is 9.84 Å². The number of fused-ring (bicyclic) bond motifs is 1. The summed E-state index contributed by atoms with van der Waals surface area (Å²) >= 11 is 0. The van der Waals surface area contributed by atoms with Crippen LogP contribution in [0.15, 0.2) is 18.2 Å². The molecule has 21 heavy (non-hydrogen) atoms. The molecule has 1 aliphatic rings. The van der Waals surface area contributed by atoms with Crippen LogP contribution >= 0.6 is 0 Å². The summed E-state index contributed by atoms with van der Waals surface area (Å²) in [6, 6.07) is 4.97. The standard InChI is InChI=1S/C16H21NO4/c1-5-13-12-7-6-10(14(18)19)8-11(12)9-17(13)15(20)21-16(2,3)4/h6-8,13H,5,9H2,1-4H3,(H,18,19). The second kappa shape index (κ2) is 5.39. The van der Waals surface area contributed by atoms with Crippen molar-refractivity contribution in [1.29, 1.82) is 0 Å². The van der Waals surface area contributed by atoms with Gasteiger partial charge in [0, 0.05) is 0 Å². The summed E-state index contributed by atoms with van der Waals surface area (Å²) in [5, 5.41) is 9.06. The van der Waals surface area contributed by atoms with Gasteiger partial charge in [-0.15, -0.1) is 0 Å². The molecule has 0 aromatic heterocycles. The van der Waals surface area contributed by atoms with Gasteiger partial charge in [-0.3, -0.25) is 4.90 Å². The van der Waals surface area contributed by atoms with E-state index in [0.717, 1.165) is 17.5 Å². The van der Waals surface area contributed by atoms with Gasteiger partial charge in [-0.05, 0) is 50.5 Å². The van der Waals surface area contributed by atoms with Gasteiger partial charge in [0.05, 0.1) is 18.2 Å². The Bertz CT molecular complexity index is 574. The number of ether oxygens (including phenoxy) is 1. The molecule has 0 bridgehead atoms. The Morgan fingerprint density at radius 1 is 1.38 bits per heavy atom. The Morgan fingerprint density at radius 2 is 2.05 bits per heavy atom. The van der Waals surface area contributed by atoms with Crippen LogP contribution in [-0.2, 0) is 11.3 Å². The second-order valence-electron chi connectivity index (χ2n) is 6.25. The van der Waals surface area contributed by atoms with Gasteiger partial charge in [0.1, 0.15) is 5.60 Å². The lowest BCUT2D eigenvalue weighted by molar-refractivity contribution is 0.0168. The molecule has 0 spiro atoms. The number of carbonyl (C=O) groups excluding carboxylic acids is 1. The fourth-order valence-electron chi connectivity index (χ4n) is 2.62. The molecule has 5 nitrogen and oxygen atoms in total. The number of carbonyl (C=O) groups is 2. The van der Waals surface area contributed by atoms with E-state index in [-0.39, 0.29) is 17.7 Å². The number of nitrogens with zero attached hydrogens (tertiary/aromatic N) is 1. The first-order chi connectivity index (χ1) is 9.73. The first kappa shape index (κ1) is 15.4. The van der Waals surface area contributed by atoms with Crippen molar-refractivity contribution in [3.63, 3.8) is 0 Å². The summed E-state index contributed by atoms with van der Waals surface area (Å²) in [6.45, 7) is 7.89. The van der Waals surface area contributed by atoms with E-state index in [4.69, 9.17) is 9.84 Å². The van der Waals surface area contributed by atoms with Crippen molar-refractivity contribution in [2.75, 3.05) is 0 Å². The lowest BCUT2D eigenvalue weighted by Gasteiger charge is -2.28. The van der Waals surface area contributed by atoms with E-state index in [1.165, 1.54) is 0 Å². The molecule has 5 heteroatoms. The monoisotopic (exact) mass is 291 g/mol. The Morgan fingerprint density at radius 3 is 2.57 bits per heavy atom. The zero-order valence-electron chi connectivity index (χ0n) is 12.8. The van der Waals surface area contributed by atoms with Gasteiger partial charge in [0.2, 0.25) is 0 Å². The lowest BCUT2D eigenvalue weighted by atomic mass is 10.0. The lowest BCUT2D eigenvalue weighted by Crippen LogP contribution is -2.35. The zero-order valence-corrected chi connectivity index (χ0v) is 12.8. The van der Waals surface area contributed by atoms with Gasteiger partial charge in [0.15, 0.2) is 0 Å². The Hall–Kier alpha value is -2.04. The summed E-state index contributed by atoms with van der Waals surface area (Å²) in [6.07, 6.45) is 0.404. The number of carboxylic acids is 1. The maximum atomic E-state index is 12.3. The third-order valence-electron chi connectivity index (χ3n) is 3.48. The van der Waals surface area contributed by atoms with Crippen LogP contribution in [0.1, 0.15) is 61.6 Å². The smallest absolute Gasteiger partial charge is 0.411 e. The summed E-state index contributed by atoms with van der Waals surface area (Å²) in [4.78, 5) is 25.0. The molecule has 1 amide bonds. The second-order valence-corrected chi connectivity index (χ2v) is 6.25. The third-order valence-corrected chi connectivity index (χ3v) is 3.48. The molecule has 0 saturated heterocycles. The van der Waals surface area contributed by atoms with Gasteiger partial charge in [-0.2, -0.15) is 0 Å². The molecule has 0 saturated carbocycles. The van der Waals surface area contributed by atoms with Crippen molar-refractivity contribution in [3.05, 3.63) is 34.9 Å².